The maximum absolute atomic E-state index is 12.7. The van der Waals surface area contributed by atoms with Gasteiger partial charge >= 0.3 is 0 Å². The summed E-state index contributed by atoms with van der Waals surface area (Å²) in [5.41, 5.74) is 4.53. The number of nitrogens with zero attached hydrogens (tertiary/aromatic N) is 4. The highest BCUT2D eigenvalue weighted by Crippen LogP contribution is 2.19. The SMILES string of the molecule is Cc1cc(C)n(Cc2ccc(C(=O)Nc3ccnn3-c3cccc(Cl)c3)cc2)n1. The molecule has 2 heterocycles. The van der Waals surface area contributed by atoms with Gasteiger partial charge in [-0.2, -0.15) is 10.2 Å². The first-order valence-corrected chi connectivity index (χ1v) is 9.59. The molecule has 0 atom stereocenters. The average Bonchev–Trinajstić information content (AvgIpc) is 3.28. The summed E-state index contributed by atoms with van der Waals surface area (Å²) in [6.45, 7) is 4.68. The summed E-state index contributed by atoms with van der Waals surface area (Å²) in [6.07, 6.45) is 1.63. The van der Waals surface area contributed by atoms with Crippen LogP contribution in [0.3, 0.4) is 0 Å². The number of anilines is 1. The van der Waals surface area contributed by atoms with Crippen molar-refractivity contribution in [2.45, 2.75) is 20.4 Å². The number of carbonyl (C=O) groups excluding carboxylic acids is 1. The van der Waals surface area contributed by atoms with Crippen LogP contribution in [-0.2, 0) is 6.54 Å². The van der Waals surface area contributed by atoms with Gasteiger partial charge in [-0.1, -0.05) is 29.8 Å². The van der Waals surface area contributed by atoms with Gasteiger partial charge < -0.3 is 5.32 Å². The van der Waals surface area contributed by atoms with Crippen LogP contribution in [0.5, 0.6) is 0 Å². The van der Waals surface area contributed by atoms with E-state index in [1.54, 1.807) is 29.1 Å². The van der Waals surface area contributed by atoms with Crippen LogP contribution in [0.25, 0.3) is 5.69 Å². The quantitative estimate of drug-likeness (QED) is 0.526. The number of hydrogen-bond acceptors (Lipinski definition) is 3. The van der Waals surface area contributed by atoms with E-state index >= 15 is 0 Å². The number of aryl methyl sites for hydroxylation is 2. The van der Waals surface area contributed by atoms with Gasteiger partial charge in [0.1, 0.15) is 5.82 Å². The number of halogens is 1. The fourth-order valence-electron chi connectivity index (χ4n) is 3.17. The Labute approximate surface area is 173 Å². The predicted octanol–water partition coefficient (Wildman–Crippen LogP) is 4.64. The molecule has 7 heteroatoms. The lowest BCUT2D eigenvalue weighted by molar-refractivity contribution is 0.102. The van der Waals surface area contributed by atoms with Crippen LogP contribution in [0.1, 0.15) is 27.3 Å². The van der Waals surface area contributed by atoms with E-state index in [4.69, 9.17) is 11.6 Å². The number of benzene rings is 2. The normalized spacial score (nSPS) is 10.9. The third kappa shape index (κ3) is 4.22. The van der Waals surface area contributed by atoms with E-state index in [0.717, 1.165) is 22.6 Å². The molecule has 0 unspecified atom stereocenters. The number of rotatable bonds is 5. The zero-order chi connectivity index (χ0) is 20.4. The molecule has 0 bridgehead atoms. The Bertz CT molecular complexity index is 1160. The summed E-state index contributed by atoms with van der Waals surface area (Å²) in [5.74, 6) is 0.371. The second-order valence-electron chi connectivity index (χ2n) is 6.84. The number of amides is 1. The van der Waals surface area contributed by atoms with E-state index in [-0.39, 0.29) is 5.91 Å². The summed E-state index contributed by atoms with van der Waals surface area (Å²) in [7, 11) is 0. The Morgan fingerprint density at radius 3 is 2.55 bits per heavy atom. The molecule has 4 rings (SSSR count). The largest absolute Gasteiger partial charge is 0.306 e. The van der Waals surface area contributed by atoms with Crippen molar-refractivity contribution in [1.82, 2.24) is 19.6 Å². The Hall–Kier alpha value is -3.38. The van der Waals surface area contributed by atoms with Crippen LogP contribution >= 0.6 is 11.6 Å². The third-order valence-corrected chi connectivity index (χ3v) is 4.82. The molecule has 0 aliphatic rings. The van der Waals surface area contributed by atoms with Crippen molar-refractivity contribution in [2.75, 3.05) is 5.32 Å². The molecule has 0 aliphatic carbocycles. The van der Waals surface area contributed by atoms with Gasteiger partial charge in [-0.25, -0.2) is 4.68 Å². The molecule has 2 aromatic carbocycles. The van der Waals surface area contributed by atoms with Crippen molar-refractivity contribution < 1.29 is 4.79 Å². The van der Waals surface area contributed by atoms with Gasteiger partial charge in [0, 0.05) is 22.3 Å². The zero-order valence-electron chi connectivity index (χ0n) is 16.1. The van der Waals surface area contributed by atoms with E-state index in [0.29, 0.717) is 22.9 Å². The highest BCUT2D eigenvalue weighted by Gasteiger charge is 2.11. The van der Waals surface area contributed by atoms with E-state index in [9.17, 15) is 4.79 Å². The Morgan fingerprint density at radius 1 is 1.07 bits per heavy atom. The molecular formula is C22H20ClN5O. The Morgan fingerprint density at radius 2 is 1.86 bits per heavy atom. The van der Waals surface area contributed by atoms with E-state index in [1.165, 1.54) is 0 Å². The fraction of sp³-hybridized carbons (Fsp3) is 0.136. The molecule has 146 valence electrons. The Balaban J connectivity index is 1.48. The number of carbonyl (C=O) groups is 1. The smallest absolute Gasteiger partial charge is 0.256 e. The second-order valence-corrected chi connectivity index (χ2v) is 7.28. The van der Waals surface area contributed by atoms with Crippen LogP contribution in [0.2, 0.25) is 5.02 Å². The van der Waals surface area contributed by atoms with E-state index in [1.807, 2.05) is 61.0 Å². The molecule has 0 saturated heterocycles. The number of hydrogen-bond donors (Lipinski definition) is 1. The molecule has 0 fully saturated rings. The van der Waals surface area contributed by atoms with Crippen molar-refractivity contribution in [3.63, 3.8) is 0 Å². The fourth-order valence-corrected chi connectivity index (χ4v) is 3.35. The maximum atomic E-state index is 12.7. The molecule has 4 aromatic rings. The van der Waals surface area contributed by atoms with Gasteiger partial charge in [0.05, 0.1) is 24.1 Å². The highest BCUT2D eigenvalue weighted by molar-refractivity contribution is 6.30. The molecule has 29 heavy (non-hydrogen) atoms. The van der Waals surface area contributed by atoms with Gasteiger partial charge in [0.2, 0.25) is 0 Å². The minimum Gasteiger partial charge on any atom is -0.306 e. The molecular weight excluding hydrogens is 386 g/mol. The van der Waals surface area contributed by atoms with Crippen LogP contribution in [0.15, 0.2) is 66.9 Å². The van der Waals surface area contributed by atoms with Crippen LogP contribution in [0, 0.1) is 13.8 Å². The summed E-state index contributed by atoms with van der Waals surface area (Å²) in [4.78, 5) is 12.7. The maximum Gasteiger partial charge on any atom is 0.256 e. The molecule has 0 aliphatic heterocycles. The van der Waals surface area contributed by atoms with Gasteiger partial charge in [0.25, 0.3) is 5.91 Å². The minimum atomic E-state index is -0.202. The third-order valence-electron chi connectivity index (χ3n) is 4.59. The van der Waals surface area contributed by atoms with Gasteiger partial charge in [-0.05, 0) is 55.8 Å². The van der Waals surface area contributed by atoms with Gasteiger partial charge in [-0.15, -0.1) is 0 Å². The Kier molecular flexibility index (Phi) is 5.18. The first-order chi connectivity index (χ1) is 14.0. The van der Waals surface area contributed by atoms with Crippen molar-refractivity contribution in [3.8, 4) is 5.69 Å². The second kappa shape index (κ2) is 7.93. The molecule has 6 nitrogen and oxygen atoms in total. The monoisotopic (exact) mass is 405 g/mol. The van der Waals surface area contributed by atoms with Gasteiger partial charge in [0.15, 0.2) is 0 Å². The average molecular weight is 406 g/mol. The van der Waals surface area contributed by atoms with Crippen molar-refractivity contribution in [1.29, 1.82) is 0 Å². The van der Waals surface area contributed by atoms with Crippen molar-refractivity contribution in [2.24, 2.45) is 0 Å². The number of aromatic nitrogens is 4. The van der Waals surface area contributed by atoms with Crippen molar-refractivity contribution in [3.05, 3.63) is 94.4 Å². The minimum absolute atomic E-state index is 0.202. The lowest BCUT2D eigenvalue weighted by Crippen LogP contribution is -2.15. The summed E-state index contributed by atoms with van der Waals surface area (Å²) in [5, 5.41) is 12.3. The molecule has 0 radical (unpaired) electrons. The summed E-state index contributed by atoms with van der Waals surface area (Å²) in [6, 6.07) is 18.6. The topological polar surface area (TPSA) is 64.7 Å². The van der Waals surface area contributed by atoms with Crippen LogP contribution in [0.4, 0.5) is 5.82 Å². The molecule has 2 aromatic heterocycles. The van der Waals surface area contributed by atoms with Crippen molar-refractivity contribution >= 4 is 23.3 Å². The highest BCUT2D eigenvalue weighted by atomic mass is 35.5. The first-order valence-electron chi connectivity index (χ1n) is 9.21. The summed E-state index contributed by atoms with van der Waals surface area (Å²) < 4.78 is 3.59. The van der Waals surface area contributed by atoms with Gasteiger partial charge in [-0.3, -0.25) is 9.48 Å². The zero-order valence-corrected chi connectivity index (χ0v) is 16.9. The van der Waals surface area contributed by atoms with Crippen LogP contribution in [-0.4, -0.2) is 25.5 Å². The molecule has 1 N–H and O–H groups in total. The summed E-state index contributed by atoms with van der Waals surface area (Å²) >= 11 is 6.06. The lowest BCUT2D eigenvalue weighted by Gasteiger charge is -2.10. The van der Waals surface area contributed by atoms with Crippen LogP contribution < -0.4 is 5.32 Å². The predicted molar refractivity (Wildman–Crippen MR) is 114 cm³/mol. The number of nitrogens with one attached hydrogen (secondary N) is 1. The lowest BCUT2D eigenvalue weighted by atomic mass is 10.1. The molecule has 1 amide bonds. The standard InChI is InChI=1S/C22H20ClN5O/c1-15-12-16(2)27(26-15)14-17-6-8-18(9-7-17)22(29)25-21-10-11-24-28(21)20-5-3-4-19(23)13-20/h3-13H,14H2,1-2H3,(H,25,29). The van der Waals surface area contributed by atoms with E-state index < -0.39 is 0 Å². The molecule has 0 saturated carbocycles. The molecule has 0 spiro atoms. The first kappa shape index (κ1) is 19.0. The van der Waals surface area contributed by atoms with E-state index in [2.05, 4.69) is 15.5 Å².